The first-order valence-corrected chi connectivity index (χ1v) is 9.71. The maximum atomic E-state index is 11.7. The number of nitrogens with one attached hydrogen (secondary N) is 4. The summed E-state index contributed by atoms with van der Waals surface area (Å²) in [5.74, 6) is 0.784. The molecule has 6 nitrogen and oxygen atoms in total. The largest absolute Gasteiger partial charge is 0.356 e. The van der Waals surface area contributed by atoms with E-state index in [-0.39, 0.29) is 36.0 Å². The summed E-state index contributed by atoms with van der Waals surface area (Å²) in [6.45, 7) is 5.38. The van der Waals surface area contributed by atoms with Gasteiger partial charge in [-0.25, -0.2) is 4.79 Å². The fraction of sp³-hybridized carbons (Fsp3) is 0.364. The summed E-state index contributed by atoms with van der Waals surface area (Å²) >= 11 is 0. The van der Waals surface area contributed by atoms with Crippen LogP contribution in [0.3, 0.4) is 0 Å². The van der Waals surface area contributed by atoms with Gasteiger partial charge in [0.05, 0.1) is 0 Å². The van der Waals surface area contributed by atoms with Crippen LogP contribution in [0.2, 0.25) is 0 Å². The number of benzene rings is 2. The molecule has 0 unspecified atom stereocenters. The van der Waals surface area contributed by atoms with E-state index in [1.54, 1.807) is 7.05 Å². The van der Waals surface area contributed by atoms with Crippen molar-refractivity contribution in [3.8, 4) is 0 Å². The first kappa shape index (κ1) is 24.7. The van der Waals surface area contributed by atoms with Crippen molar-refractivity contribution in [3.05, 3.63) is 65.7 Å². The molecule has 0 saturated carbocycles. The quantitative estimate of drug-likeness (QED) is 0.187. The van der Waals surface area contributed by atoms with Crippen molar-refractivity contribution in [3.63, 3.8) is 0 Å². The molecule has 0 radical (unpaired) electrons. The van der Waals surface area contributed by atoms with Crippen LogP contribution in [0.5, 0.6) is 0 Å². The molecule has 29 heavy (non-hydrogen) atoms. The highest BCUT2D eigenvalue weighted by molar-refractivity contribution is 14.0. The lowest BCUT2D eigenvalue weighted by Gasteiger charge is -2.13. The predicted molar refractivity (Wildman–Crippen MR) is 132 cm³/mol. The zero-order valence-electron chi connectivity index (χ0n) is 17.4. The average Bonchev–Trinajstić information content (AvgIpc) is 2.69. The van der Waals surface area contributed by atoms with Gasteiger partial charge in [-0.2, -0.15) is 0 Å². The van der Waals surface area contributed by atoms with Crippen LogP contribution >= 0.6 is 24.0 Å². The number of aryl methyl sites for hydroxylation is 1. The van der Waals surface area contributed by atoms with Crippen LogP contribution in [-0.4, -0.2) is 31.6 Å². The predicted octanol–water partition coefficient (Wildman–Crippen LogP) is 4.13. The van der Waals surface area contributed by atoms with Crippen LogP contribution in [0.15, 0.2) is 59.6 Å². The average molecular weight is 509 g/mol. The number of hydrogen-bond donors (Lipinski definition) is 4. The second kappa shape index (κ2) is 13.8. The fourth-order valence-electron chi connectivity index (χ4n) is 2.69. The van der Waals surface area contributed by atoms with Crippen molar-refractivity contribution in [2.75, 3.05) is 18.9 Å². The number of rotatable bonds is 8. The Balaban J connectivity index is 0.00000420. The van der Waals surface area contributed by atoms with Crippen LogP contribution in [-0.2, 0) is 13.0 Å². The third-order valence-corrected chi connectivity index (χ3v) is 4.09. The van der Waals surface area contributed by atoms with Crippen molar-refractivity contribution >= 4 is 41.7 Å². The SMILES string of the molecule is CN=C(NCCCc1ccccc1)NCc1ccc(NC(=O)NC(C)C)cc1.I. The van der Waals surface area contributed by atoms with E-state index < -0.39 is 0 Å². The summed E-state index contributed by atoms with van der Waals surface area (Å²) in [4.78, 5) is 16.0. The Bertz CT molecular complexity index is 748. The molecule has 2 rings (SSSR count). The second-order valence-corrected chi connectivity index (χ2v) is 6.89. The molecular weight excluding hydrogens is 477 g/mol. The Labute approximate surface area is 191 Å². The molecule has 0 heterocycles. The molecule has 7 heteroatoms. The summed E-state index contributed by atoms with van der Waals surface area (Å²) in [7, 11) is 1.77. The summed E-state index contributed by atoms with van der Waals surface area (Å²) in [5.41, 5.74) is 3.23. The van der Waals surface area contributed by atoms with E-state index in [0.717, 1.165) is 36.6 Å². The van der Waals surface area contributed by atoms with Gasteiger partial charge in [0.2, 0.25) is 0 Å². The van der Waals surface area contributed by atoms with Gasteiger partial charge < -0.3 is 21.3 Å². The molecule has 158 valence electrons. The van der Waals surface area contributed by atoms with Gasteiger partial charge in [0.1, 0.15) is 0 Å². The number of halogens is 1. The highest BCUT2D eigenvalue weighted by Gasteiger charge is 2.03. The number of aliphatic imine (C=N–C) groups is 1. The minimum absolute atomic E-state index is 0. The van der Waals surface area contributed by atoms with Crippen LogP contribution in [0.4, 0.5) is 10.5 Å². The minimum atomic E-state index is -0.194. The van der Waals surface area contributed by atoms with Gasteiger partial charge in [0.25, 0.3) is 0 Å². The minimum Gasteiger partial charge on any atom is -0.356 e. The van der Waals surface area contributed by atoms with Crippen molar-refractivity contribution < 1.29 is 4.79 Å². The Kier molecular flexibility index (Phi) is 11.8. The van der Waals surface area contributed by atoms with Crippen LogP contribution < -0.4 is 21.3 Å². The first-order valence-electron chi connectivity index (χ1n) is 9.71. The van der Waals surface area contributed by atoms with Gasteiger partial charge in [-0.3, -0.25) is 4.99 Å². The molecule has 0 aromatic heterocycles. The summed E-state index contributed by atoms with van der Waals surface area (Å²) in [5, 5.41) is 12.3. The van der Waals surface area contributed by atoms with E-state index in [9.17, 15) is 4.79 Å². The normalized spacial score (nSPS) is 10.8. The lowest BCUT2D eigenvalue weighted by atomic mass is 10.1. The molecule has 0 atom stereocenters. The summed E-state index contributed by atoms with van der Waals surface area (Å²) in [6.07, 6.45) is 2.09. The van der Waals surface area contributed by atoms with Gasteiger partial charge in [-0.1, -0.05) is 42.5 Å². The van der Waals surface area contributed by atoms with Gasteiger partial charge in [0, 0.05) is 31.9 Å². The molecule has 0 spiro atoms. The van der Waals surface area contributed by atoms with Gasteiger partial charge in [0.15, 0.2) is 5.96 Å². The fourth-order valence-corrected chi connectivity index (χ4v) is 2.69. The maximum Gasteiger partial charge on any atom is 0.319 e. The number of amides is 2. The number of urea groups is 1. The molecule has 2 aromatic rings. The molecule has 0 aliphatic carbocycles. The van der Waals surface area contributed by atoms with E-state index >= 15 is 0 Å². The molecule has 0 fully saturated rings. The topological polar surface area (TPSA) is 77.6 Å². The summed E-state index contributed by atoms with van der Waals surface area (Å²) < 4.78 is 0. The number of hydrogen-bond acceptors (Lipinski definition) is 2. The van der Waals surface area contributed by atoms with Crippen LogP contribution in [0.1, 0.15) is 31.4 Å². The number of anilines is 1. The van der Waals surface area contributed by atoms with Crippen LogP contribution in [0.25, 0.3) is 0 Å². The third-order valence-electron chi connectivity index (χ3n) is 4.09. The third kappa shape index (κ3) is 10.2. The molecule has 4 N–H and O–H groups in total. The number of guanidine groups is 1. The zero-order chi connectivity index (χ0) is 20.2. The standard InChI is InChI=1S/C22H31N5O.HI/c1-17(2)26-22(28)27-20-13-11-19(12-14-20)16-25-21(23-3)24-15-7-10-18-8-5-4-6-9-18;/h4-6,8-9,11-14,17H,7,10,15-16H2,1-3H3,(H2,23,24,25)(H2,26,27,28);1H. The van der Waals surface area contributed by atoms with Crippen molar-refractivity contribution in [2.45, 2.75) is 39.3 Å². The smallest absolute Gasteiger partial charge is 0.319 e. The first-order chi connectivity index (χ1) is 13.6. The second-order valence-electron chi connectivity index (χ2n) is 6.89. The van der Waals surface area contributed by atoms with Gasteiger partial charge >= 0.3 is 6.03 Å². The number of nitrogens with zero attached hydrogens (tertiary/aromatic N) is 1. The van der Waals surface area contributed by atoms with E-state index in [1.807, 2.05) is 44.2 Å². The van der Waals surface area contributed by atoms with Crippen molar-refractivity contribution in [2.24, 2.45) is 4.99 Å². The molecule has 0 aliphatic heterocycles. The Hall–Kier alpha value is -2.29. The Morgan fingerprint density at radius 1 is 0.966 bits per heavy atom. The van der Waals surface area contributed by atoms with Crippen LogP contribution in [0, 0.1) is 0 Å². The highest BCUT2D eigenvalue weighted by Crippen LogP contribution is 2.09. The van der Waals surface area contributed by atoms with Crippen molar-refractivity contribution in [1.82, 2.24) is 16.0 Å². The number of carbonyl (C=O) groups excluding carboxylic acids is 1. The van der Waals surface area contributed by atoms with Gasteiger partial charge in [-0.05, 0) is 49.9 Å². The molecular formula is C22H32IN5O. The zero-order valence-corrected chi connectivity index (χ0v) is 19.7. The molecule has 0 saturated heterocycles. The molecule has 0 bridgehead atoms. The molecule has 0 aliphatic rings. The van der Waals surface area contributed by atoms with E-state index in [1.165, 1.54) is 5.56 Å². The highest BCUT2D eigenvalue weighted by atomic mass is 127. The van der Waals surface area contributed by atoms with E-state index in [0.29, 0.717) is 6.54 Å². The van der Waals surface area contributed by atoms with Gasteiger partial charge in [-0.15, -0.1) is 24.0 Å². The monoisotopic (exact) mass is 509 g/mol. The van der Waals surface area contributed by atoms with E-state index in [2.05, 4.69) is 50.5 Å². The Morgan fingerprint density at radius 3 is 2.28 bits per heavy atom. The Morgan fingerprint density at radius 2 is 1.66 bits per heavy atom. The van der Waals surface area contributed by atoms with Crippen molar-refractivity contribution in [1.29, 1.82) is 0 Å². The number of carbonyl (C=O) groups is 1. The molecule has 2 aromatic carbocycles. The van der Waals surface area contributed by atoms with E-state index in [4.69, 9.17) is 0 Å². The lowest BCUT2D eigenvalue weighted by molar-refractivity contribution is 0.250. The lowest BCUT2D eigenvalue weighted by Crippen LogP contribution is -2.37. The maximum absolute atomic E-state index is 11.7. The summed E-state index contributed by atoms with van der Waals surface area (Å²) in [6, 6.07) is 18.2. The molecule has 2 amide bonds.